The summed E-state index contributed by atoms with van der Waals surface area (Å²) < 4.78 is 0. The second kappa shape index (κ2) is 4.77. The van der Waals surface area contributed by atoms with Crippen molar-refractivity contribution in [2.75, 3.05) is 0 Å². The predicted octanol–water partition coefficient (Wildman–Crippen LogP) is -1.50. The molecule has 2 N–H and O–H groups in total. The Balaban J connectivity index is 0. The first kappa shape index (κ1) is 11.8. The van der Waals surface area contributed by atoms with E-state index in [9.17, 15) is 4.79 Å². The fourth-order valence-electron chi connectivity index (χ4n) is 0.695. The van der Waals surface area contributed by atoms with Gasteiger partial charge in [0.05, 0.1) is 0 Å². The summed E-state index contributed by atoms with van der Waals surface area (Å²) in [7, 11) is 0. The molecule has 0 aliphatic rings. The molecule has 3 nitrogen and oxygen atoms in total. The van der Waals surface area contributed by atoms with Crippen LogP contribution in [0.25, 0.3) is 0 Å². The Labute approximate surface area is 98.6 Å². The van der Waals surface area contributed by atoms with Crippen LogP contribution in [0.4, 0.5) is 0 Å². The maximum atomic E-state index is 10.4. The van der Waals surface area contributed by atoms with Crippen LogP contribution in [-0.2, 0) is 0 Å². The summed E-state index contributed by atoms with van der Waals surface area (Å²) in [4.78, 5) is 10.9. The third-order valence-electron chi connectivity index (χ3n) is 1.21. The molecule has 0 bridgehead atoms. The van der Waals surface area contributed by atoms with E-state index < -0.39 is 5.97 Å². The zero-order valence-electron chi connectivity index (χ0n) is 7.48. The Morgan fingerprint density at radius 1 is 1.50 bits per heavy atom. The molecule has 0 amide bonds. The van der Waals surface area contributed by atoms with Crippen molar-refractivity contribution in [2.24, 2.45) is 0 Å². The van der Waals surface area contributed by atoms with Crippen LogP contribution in [0.5, 0.6) is 5.75 Å². The van der Waals surface area contributed by atoms with E-state index in [1.807, 2.05) is 0 Å². The Morgan fingerprint density at radius 2 is 2.08 bits per heavy atom. The van der Waals surface area contributed by atoms with Crippen molar-refractivity contribution in [3.05, 3.63) is 23.8 Å². The van der Waals surface area contributed by atoms with Crippen LogP contribution in [0.3, 0.4) is 0 Å². The average Bonchev–Trinajstić information content (AvgIpc) is 1.94. The third kappa shape index (κ3) is 2.71. The molecule has 0 heterocycles. The van der Waals surface area contributed by atoms with E-state index in [0.29, 0.717) is 4.90 Å². The van der Waals surface area contributed by atoms with Gasteiger partial charge in [0.1, 0.15) is 11.3 Å². The Morgan fingerprint density at radius 3 is 2.50 bits per heavy atom. The third-order valence-corrected chi connectivity index (χ3v) is 1.49. The summed E-state index contributed by atoms with van der Waals surface area (Å²) in [5.74, 6) is -1.39. The van der Waals surface area contributed by atoms with Crippen molar-refractivity contribution >= 4 is 18.6 Å². The van der Waals surface area contributed by atoms with Gasteiger partial charge < -0.3 is 11.6 Å². The summed E-state index contributed by atoms with van der Waals surface area (Å²) in [5, 5.41) is 17.5. The zero-order valence-corrected chi connectivity index (χ0v) is 9.38. The van der Waals surface area contributed by atoms with Gasteiger partial charge in [0.25, 0.3) is 0 Å². The molecule has 1 rings (SSSR count). The predicted molar refractivity (Wildman–Crippen MR) is 43.4 cm³/mol. The second-order valence-corrected chi connectivity index (χ2v) is 2.52. The standard InChI is InChI=1S/C7H6O3S.Na.H/c8-6-2-1-4(11)3-5(6)7(9)10;;/h1-3,8,11H,(H,9,10);;/q;+1;-1. The van der Waals surface area contributed by atoms with Crippen LogP contribution >= 0.6 is 12.6 Å². The first-order valence-corrected chi connectivity index (χ1v) is 3.31. The second-order valence-electron chi connectivity index (χ2n) is 2.01. The fourth-order valence-corrected chi connectivity index (χ4v) is 0.899. The number of rotatable bonds is 1. The van der Waals surface area contributed by atoms with E-state index in [1.54, 1.807) is 0 Å². The maximum absolute atomic E-state index is 10.4. The largest absolute Gasteiger partial charge is 1.00 e. The molecule has 0 aliphatic heterocycles. The van der Waals surface area contributed by atoms with Crippen LogP contribution in [0.15, 0.2) is 23.1 Å². The van der Waals surface area contributed by atoms with Crippen molar-refractivity contribution in [1.29, 1.82) is 0 Å². The molecule has 0 atom stereocenters. The number of hydrogen-bond donors (Lipinski definition) is 3. The molecule has 0 unspecified atom stereocenters. The van der Waals surface area contributed by atoms with Crippen molar-refractivity contribution < 1.29 is 46.0 Å². The molecule has 1 aromatic rings. The molecule has 0 saturated heterocycles. The normalized spacial score (nSPS) is 8.75. The van der Waals surface area contributed by atoms with Gasteiger partial charge in [-0.1, -0.05) is 0 Å². The zero-order chi connectivity index (χ0) is 8.43. The van der Waals surface area contributed by atoms with Crippen LogP contribution in [-0.4, -0.2) is 16.2 Å². The minimum atomic E-state index is -1.15. The molecule has 0 aromatic heterocycles. The van der Waals surface area contributed by atoms with E-state index >= 15 is 0 Å². The maximum Gasteiger partial charge on any atom is 1.00 e. The van der Waals surface area contributed by atoms with Crippen LogP contribution in [0, 0.1) is 0 Å². The molecule has 0 radical (unpaired) electrons. The van der Waals surface area contributed by atoms with Gasteiger partial charge in [-0.05, 0) is 18.2 Å². The Bertz CT molecular complexity index is 306. The monoisotopic (exact) mass is 194 g/mol. The number of benzene rings is 1. The van der Waals surface area contributed by atoms with Gasteiger partial charge in [0.2, 0.25) is 0 Å². The molecule has 1 aromatic carbocycles. The summed E-state index contributed by atoms with van der Waals surface area (Å²) >= 11 is 3.92. The van der Waals surface area contributed by atoms with Gasteiger partial charge in [-0.3, -0.25) is 0 Å². The average molecular weight is 194 g/mol. The van der Waals surface area contributed by atoms with Gasteiger partial charge in [0, 0.05) is 4.90 Å². The topological polar surface area (TPSA) is 57.5 Å². The summed E-state index contributed by atoms with van der Waals surface area (Å²) in [6, 6.07) is 4.11. The van der Waals surface area contributed by atoms with Crippen molar-refractivity contribution in [1.82, 2.24) is 0 Å². The molecule has 0 aliphatic carbocycles. The van der Waals surface area contributed by atoms with Crippen molar-refractivity contribution in [3.63, 3.8) is 0 Å². The van der Waals surface area contributed by atoms with E-state index in [2.05, 4.69) is 12.6 Å². The van der Waals surface area contributed by atoms with Gasteiger partial charge >= 0.3 is 35.5 Å². The van der Waals surface area contributed by atoms with Gasteiger partial charge in [0.15, 0.2) is 0 Å². The Hall–Kier alpha value is -0.160. The summed E-state index contributed by atoms with van der Waals surface area (Å²) in [5.41, 5.74) is -0.127. The number of carboxylic acids is 1. The minimum Gasteiger partial charge on any atom is -1.00 e. The number of aromatic hydroxyl groups is 1. The van der Waals surface area contributed by atoms with Gasteiger partial charge in [-0.15, -0.1) is 12.6 Å². The number of carbonyl (C=O) groups is 1. The minimum absolute atomic E-state index is 0. The smallest absolute Gasteiger partial charge is 1.00 e. The molecule has 0 spiro atoms. The van der Waals surface area contributed by atoms with Crippen molar-refractivity contribution in [2.45, 2.75) is 4.90 Å². The molecule has 12 heavy (non-hydrogen) atoms. The molecule has 5 heteroatoms. The number of phenols is 1. The van der Waals surface area contributed by atoms with Crippen molar-refractivity contribution in [3.8, 4) is 5.75 Å². The quantitative estimate of drug-likeness (QED) is 0.376. The van der Waals surface area contributed by atoms with E-state index in [4.69, 9.17) is 10.2 Å². The summed E-state index contributed by atoms with van der Waals surface area (Å²) in [6.07, 6.45) is 0. The van der Waals surface area contributed by atoms with Crippen LogP contribution in [0.2, 0.25) is 0 Å². The SMILES string of the molecule is O=C(O)c1cc(S)ccc1O.[H-].[Na+]. The van der Waals surface area contributed by atoms with Crippen LogP contribution in [0.1, 0.15) is 11.8 Å². The summed E-state index contributed by atoms with van der Waals surface area (Å²) in [6.45, 7) is 0. The number of carboxylic acid groups (broad SMARTS) is 1. The Kier molecular flexibility index (Phi) is 4.70. The first-order chi connectivity index (χ1) is 5.11. The molecular weight excluding hydrogens is 187 g/mol. The number of aromatic carboxylic acids is 1. The van der Waals surface area contributed by atoms with E-state index in [1.165, 1.54) is 18.2 Å². The molecule has 0 saturated carbocycles. The van der Waals surface area contributed by atoms with E-state index in [-0.39, 0.29) is 42.3 Å². The fraction of sp³-hybridized carbons (Fsp3) is 0. The van der Waals surface area contributed by atoms with Crippen LogP contribution < -0.4 is 29.6 Å². The molecule has 60 valence electrons. The molecule has 0 fully saturated rings. The van der Waals surface area contributed by atoms with Gasteiger partial charge in [-0.2, -0.15) is 0 Å². The molecular formula is C7H7NaO3S. The number of hydrogen-bond acceptors (Lipinski definition) is 3. The first-order valence-electron chi connectivity index (χ1n) is 2.86. The van der Waals surface area contributed by atoms with E-state index in [0.717, 1.165) is 0 Å². The number of thiol groups is 1. The van der Waals surface area contributed by atoms with Gasteiger partial charge in [-0.25, -0.2) is 4.79 Å².